The quantitative estimate of drug-likeness (QED) is 0.765. The number of H-pyrrole nitrogens is 1. The second kappa shape index (κ2) is 3.85. The molecule has 1 aromatic heterocycles. The smallest absolute Gasteiger partial charge is 0.195 e. The predicted molar refractivity (Wildman–Crippen MR) is 61.1 cm³/mol. The number of hydrogen-bond acceptors (Lipinski definition) is 2. The van der Waals surface area contributed by atoms with Crippen LogP contribution in [0.25, 0.3) is 0 Å². The first-order chi connectivity index (χ1) is 6.38. The monoisotopic (exact) mass is 213 g/mol. The Morgan fingerprint density at radius 3 is 2.50 bits per heavy atom. The maximum absolute atomic E-state index is 5.23. The zero-order valence-electron chi connectivity index (χ0n) is 9.59. The van der Waals surface area contributed by atoms with E-state index in [9.17, 15) is 0 Å². The van der Waals surface area contributed by atoms with Gasteiger partial charge in [0.1, 0.15) is 5.82 Å². The normalized spacial score (nSPS) is 14.4. The fraction of sp³-hybridized carbons (Fsp3) is 0.800. The van der Waals surface area contributed by atoms with Crippen LogP contribution in [-0.4, -0.2) is 14.8 Å². The molecule has 1 N–H and O–H groups in total. The lowest BCUT2D eigenvalue weighted by atomic mass is 10.0. The lowest BCUT2D eigenvalue weighted by Gasteiger charge is -2.24. The molecular weight excluding hydrogens is 194 g/mol. The van der Waals surface area contributed by atoms with Crippen LogP contribution in [0.2, 0.25) is 0 Å². The number of rotatable bonds is 2. The van der Waals surface area contributed by atoms with Crippen LogP contribution in [0.1, 0.15) is 52.8 Å². The molecule has 14 heavy (non-hydrogen) atoms. The second-order valence-electron chi connectivity index (χ2n) is 4.70. The zero-order chi connectivity index (χ0) is 10.9. The Morgan fingerprint density at radius 1 is 1.50 bits per heavy atom. The number of hydrogen-bond donors (Lipinski definition) is 1. The highest BCUT2D eigenvalue weighted by Crippen LogP contribution is 2.23. The Labute approximate surface area is 90.5 Å². The minimum atomic E-state index is 0.00282. The Kier molecular flexibility index (Phi) is 3.14. The Bertz CT molecular complexity index is 356. The van der Waals surface area contributed by atoms with Gasteiger partial charge in [0.05, 0.1) is 0 Å². The number of nitrogens with zero attached hydrogens (tertiary/aromatic N) is 2. The van der Waals surface area contributed by atoms with Gasteiger partial charge in [0, 0.05) is 11.5 Å². The fourth-order valence-electron chi connectivity index (χ4n) is 1.47. The van der Waals surface area contributed by atoms with Crippen LogP contribution < -0.4 is 0 Å². The average molecular weight is 213 g/mol. The summed E-state index contributed by atoms with van der Waals surface area (Å²) in [4.78, 5) is 0. The maximum Gasteiger partial charge on any atom is 0.195 e. The van der Waals surface area contributed by atoms with E-state index < -0.39 is 0 Å². The van der Waals surface area contributed by atoms with Crippen LogP contribution in [0.5, 0.6) is 0 Å². The summed E-state index contributed by atoms with van der Waals surface area (Å²) >= 11 is 5.23. The van der Waals surface area contributed by atoms with E-state index in [-0.39, 0.29) is 5.54 Å². The summed E-state index contributed by atoms with van der Waals surface area (Å²) in [5.41, 5.74) is 0.00282. The first kappa shape index (κ1) is 11.4. The predicted octanol–water partition coefficient (Wildman–Crippen LogP) is 3.21. The highest BCUT2D eigenvalue weighted by Gasteiger charge is 2.21. The van der Waals surface area contributed by atoms with Crippen molar-refractivity contribution in [1.29, 1.82) is 0 Å². The topological polar surface area (TPSA) is 33.6 Å². The third-order valence-electron chi connectivity index (χ3n) is 2.42. The molecule has 0 fully saturated rings. The zero-order valence-corrected chi connectivity index (χ0v) is 10.4. The first-order valence-corrected chi connectivity index (χ1v) is 5.46. The molecule has 0 aliphatic carbocycles. The van der Waals surface area contributed by atoms with Crippen LogP contribution in [0.3, 0.4) is 0 Å². The summed E-state index contributed by atoms with van der Waals surface area (Å²) in [6, 6.07) is 0. The molecule has 3 nitrogen and oxygen atoms in total. The van der Waals surface area contributed by atoms with E-state index in [1.807, 2.05) is 0 Å². The van der Waals surface area contributed by atoms with Gasteiger partial charge in [-0.1, -0.05) is 13.8 Å². The molecule has 0 aromatic carbocycles. The minimum absolute atomic E-state index is 0.00282. The van der Waals surface area contributed by atoms with Crippen LogP contribution >= 0.6 is 12.2 Å². The summed E-state index contributed by atoms with van der Waals surface area (Å²) in [7, 11) is 0. The lowest BCUT2D eigenvalue weighted by Crippen LogP contribution is -2.25. The summed E-state index contributed by atoms with van der Waals surface area (Å²) in [5, 5.41) is 7.17. The average Bonchev–Trinajstić information content (AvgIpc) is 2.44. The van der Waals surface area contributed by atoms with Crippen molar-refractivity contribution < 1.29 is 0 Å². The van der Waals surface area contributed by atoms with Gasteiger partial charge in [-0.05, 0) is 39.4 Å². The molecule has 0 aliphatic rings. The Balaban J connectivity index is 3.27. The van der Waals surface area contributed by atoms with Gasteiger partial charge in [-0.2, -0.15) is 5.10 Å². The van der Waals surface area contributed by atoms with E-state index in [4.69, 9.17) is 12.2 Å². The summed E-state index contributed by atoms with van der Waals surface area (Å²) in [5.74, 6) is 1.51. The van der Waals surface area contributed by atoms with Crippen molar-refractivity contribution in [2.45, 2.75) is 52.5 Å². The molecule has 1 atom stereocenters. The first-order valence-electron chi connectivity index (χ1n) is 5.05. The molecule has 1 heterocycles. The molecule has 1 aromatic rings. The van der Waals surface area contributed by atoms with E-state index in [1.54, 1.807) is 0 Å². The molecule has 0 radical (unpaired) electrons. The lowest BCUT2D eigenvalue weighted by molar-refractivity contribution is 0.368. The van der Waals surface area contributed by atoms with E-state index in [0.29, 0.717) is 10.7 Å². The van der Waals surface area contributed by atoms with Gasteiger partial charge in [-0.25, -0.2) is 0 Å². The molecule has 1 rings (SSSR count). The van der Waals surface area contributed by atoms with Crippen molar-refractivity contribution in [3.63, 3.8) is 0 Å². The van der Waals surface area contributed by atoms with Gasteiger partial charge >= 0.3 is 0 Å². The molecule has 0 saturated heterocycles. The summed E-state index contributed by atoms with van der Waals surface area (Å²) < 4.78 is 2.82. The van der Waals surface area contributed by atoms with E-state index in [2.05, 4.69) is 49.4 Å². The van der Waals surface area contributed by atoms with Crippen LogP contribution in [0, 0.1) is 4.77 Å². The van der Waals surface area contributed by atoms with E-state index >= 15 is 0 Å². The number of nitrogens with one attached hydrogen (secondary N) is 1. The van der Waals surface area contributed by atoms with Gasteiger partial charge in [0.15, 0.2) is 4.77 Å². The van der Waals surface area contributed by atoms with Gasteiger partial charge in [-0.3, -0.25) is 9.67 Å². The molecular formula is C10H19N3S. The van der Waals surface area contributed by atoms with Crippen molar-refractivity contribution in [3.05, 3.63) is 10.6 Å². The second-order valence-corrected chi connectivity index (χ2v) is 5.09. The Hall–Kier alpha value is -0.640. The summed E-state index contributed by atoms with van der Waals surface area (Å²) in [6.07, 6.45) is 1.08. The van der Waals surface area contributed by atoms with Gasteiger partial charge in [-0.15, -0.1) is 0 Å². The largest absolute Gasteiger partial charge is 0.299 e. The molecule has 0 spiro atoms. The van der Waals surface area contributed by atoms with Crippen molar-refractivity contribution in [2.24, 2.45) is 0 Å². The van der Waals surface area contributed by atoms with E-state index in [0.717, 1.165) is 12.2 Å². The minimum Gasteiger partial charge on any atom is -0.299 e. The van der Waals surface area contributed by atoms with Crippen molar-refractivity contribution in [3.8, 4) is 0 Å². The van der Waals surface area contributed by atoms with Gasteiger partial charge in [0.25, 0.3) is 0 Å². The standard InChI is InChI=1S/C10H19N3S/c1-6-7(2)8-11-12-9(14)13(8)10(3,4)5/h7H,6H2,1-5H3,(H,12,14). The summed E-state index contributed by atoms with van der Waals surface area (Å²) in [6.45, 7) is 10.8. The molecule has 80 valence electrons. The van der Waals surface area contributed by atoms with Gasteiger partial charge < -0.3 is 0 Å². The molecule has 0 bridgehead atoms. The molecule has 4 heteroatoms. The number of aromatic nitrogens is 3. The van der Waals surface area contributed by atoms with Crippen molar-refractivity contribution in [2.75, 3.05) is 0 Å². The van der Waals surface area contributed by atoms with Crippen molar-refractivity contribution >= 4 is 12.2 Å². The third-order valence-corrected chi connectivity index (χ3v) is 2.70. The Morgan fingerprint density at radius 2 is 2.07 bits per heavy atom. The van der Waals surface area contributed by atoms with Gasteiger partial charge in [0.2, 0.25) is 0 Å². The van der Waals surface area contributed by atoms with Crippen molar-refractivity contribution in [1.82, 2.24) is 14.8 Å². The van der Waals surface area contributed by atoms with E-state index in [1.165, 1.54) is 0 Å². The van der Waals surface area contributed by atoms with Crippen LogP contribution in [0.15, 0.2) is 0 Å². The number of aromatic amines is 1. The molecule has 1 unspecified atom stereocenters. The highest BCUT2D eigenvalue weighted by molar-refractivity contribution is 7.71. The maximum atomic E-state index is 5.23. The van der Waals surface area contributed by atoms with Crippen LogP contribution in [0.4, 0.5) is 0 Å². The third kappa shape index (κ3) is 2.05. The molecule has 0 aliphatic heterocycles. The molecule has 0 saturated carbocycles. The fourth-order valence-corrected chi connectivity index (χ4v) is 1.88. The highest BCUT2D eigenvalue weighted by atomic mass is 32.1. The SMILES string of the molecule is CCC(C)c1n[nH]c(=S)n1C(C)(C)C. The molecule has 0 amide bonds. The van der Waals surface area contributed by atoms with Crippen LogP contribution in [-0.2, 0) is 5.54 Å².